The third-order valence-corrected chi connectivity index (χ3v) is 4.15. The monoisotopic (exact) mass is 324 g/mol. The molecule has 0 fully saturated rings. The van der Waals surface area contributed by atoms with Gasteiger partial charge in [-0.15, -0.1) is 0 Å². The van der Waals surface area contributed by atoms with E-state index in [2.05, 4.69) is 10.3 Å². The molecule has 0 radical (unpaired) electrons. The molecule has 2 rings (SSSR count). The fourth-order valence-electron chi connectivity index (χ4n) is 1.69. The van der Waals surface area contributed by atoms with Crippen LogP contribution < -0.4 is 5.32 Å². The van der Waals surface area contributed by atoms with Crippen molar-refractivity contribution in [3.05, 3.63) is 52.8 Å². The number of amides is 1. The van der Waals surface area contributed by atoms with Gasteiger partial charge in [-0.2, -0.15) is 0 Å². The van der Waals surface area contributed by atoms with Crippen LogP contribution in [0.1, 0.15) is 16.1 Å². The van der Waals surface area contributed by atoms with Crippen molar-refractivity contribution < 1.29 is 13.2 Å². The molecule has 0 aliphatic rings. The predicted molar refractivity (Wildman–Crippen MR) is 81.5 cm³/mol. The molecule has 0 spiro atoms. The Hall–Kier alpha value is -1.92. The highest BCUT2D eigenvalue weighted by Gasteiger charge is 2.13. The third-order valence-electron chi connectivity index (χ3n) is 2.83. The zero-order valence-electron chi connectivity index (χ0n) is 11.4. The van der Waals surface area contributed by atoms with E-state index in [4.69, 9.17) is 11.6 Å². The molecular formula is C14H13ClN2O3S. The molecule has 1 aromatic carbocycles. The quantitative estimate of drug-likeness (QED) is 0.881. The normalized spacial score (nSPS) is 11.2. The first-order valence-electron chi connectivity index (χ1n) is 6.02. The summed E-state index contributed by atoms with van der Waals surface area (Å²) in [5.74, 6) is -0.453. The number of hydrogen-bond acceptors (Lipinski definition) is 4. The summed E-state index contributed by atoms with van der Waals surface area (Å²) in [6, 6.07) is 9.26. The lowest BCUT2D eigenvalue weighted by molar-refractivity contribution is 0.102. The first-order chi connectivity index (χ1) is 9.77. The summed E-state index contributed by atoms with van der Waals surface area (Å²) < 4.78 is 23.1. The molecule has 0 bridgehead atoms. The van der Waals surface area contributed by atoms with Crippen LogP contribution in [0.25, 0.3) is 0 Å². The first-order valence-corrected chi connectivity index (χ1v) is 8.29. The van der Waals surface area contributed by atoms with Gasteiger partial charge in [-0.1, -0.05) is 23.7 Å². The van der Waals surface area contributed by atoms with Crippen LogP contribution in [-0.4, -0.2) is 25.6 Å². The average molecular weight is 325 g/mol. The lowest BCUT2D eigenvalue weighted by atomic mass is 10.2. The molecule has 0 saturated carbocycles. The van der Waals surface area contributed by atoms with Crippen molar-refractivity contribution in [2.24, 2.45) is 0 Å². The summed E-state index contributed by atoms with van der Waals surface area (Å²) >= 11 is 5.74. The second-order valence-corrected chi connectivity index (χ2v) is 6.95. The van der Waals surface area contributed by atoms with E-state index in [1.54, 1.807) is 25.1 Å². The van der Waals surface area contributed by atoms with Crippen LogP contribution >= 0.6 is 11.6 Å². The molecule has 0 atom stereocenters. The molecule has 5 nitrogen and oxygen atoms in total. The van der Waals surface area contributed by atoms with Crippen molar-refractivity contribution in [1.29, 1.82) is 0 Å². The van der Waals surface area contributed by atoms with Crippen molar-refractivity contribution in [1.82, 2.24) is 4.98 Å². The van der Waals surface area contributed by atoms with E-state index in [9.17, 15) is 13.2 Å². The number of sulfone groups is 1. The Morgan fingerprint density at radius 1 is 1.24 bits per heavy atom. The molecule has 2 aromatic rings. The smallest absolute Gasteiger partial charge is 0.274 e. The highest BCUT2D eigenvalue weighted by Crippen LogP contribution is 2.21. The van der Waals surface area contributed by atoms with E-state index < -0.39 is 15.7 Å². The maximum atomic E-state index is 12.1. The number of benzene rings is 1. The zero-order valence-corrected chi connectivity index (χ0v) is 13.0. The summed E-state index contributed by atoms with van der Waals surface area (Å²) in [6.07, 6.45) is 1.11. The van der Waals surface area contributed by atoms with Gasteiger partial charge in [0, 0.05) is 11.9 Å². The van der Waals surface area contributed by atoms with Gasteiger partial charge in [-0.25, -0.2) is 13.4 Å². The molecule has 7 heteroatoms. The van der Waals surface area contributed by atoms with Gasteiger partial charge in [0.1, 0.15) is 10.8 Å². The van der Waals surface area contributed by atoms with Gasteiger partial charge in [0.05, 0.1) is 4.90 Å². The Morgan fingerprint density at radius 2 is 1.95 bits per heavy atom. The van der Waals surface area contributed by atoms with Crippen LogP contribution in [0.5, 0.6) is 0 Å². The van der Waals surface area contributed by atoms with Crippen LogP contribution in [-0.2, 0) is 9.84 Å². The fourth-order valence-corrected chi connectivity index (χ4v) is 2.50. The first kappa shape index (κ1) is 15.5. The SMILES string of the molecule is Cc1ccc(S(C)(=O)=O)cc1NC(=O)c1cccc(Cl)n1. The minimum absolute atomic E-state index is 0.141. The van der Waals surface area contributed by atoms with Crippen LogP contribution in [0.4, 0.5) is 5.69 Å². The molecule has 0 unspecified atom stereocenters. The maximum absolute atomic E-state index is 12.1. The van der Waals surface area contributed by atoms with E-state index in [-0.39, 0.29) is 15.7 Å². The van der Waals surface area contributed by atoms with E-state index in [0.29, 0.717) is 5.69 Å². The lowest BCUT2D eigenvalue weighted by Gasteiger charge is -2.10. The van der Waals surface area contributed by atoms with Crippen molar-refractivity contribution in [2.75, 3.05) is 11.6 Å². The number of carbonyl (C=O) groups is 1. The van der Waals surface area contributed by atoms with Gasteiger partial charge in [0.2, 0.25) is 0 Å². The number of carbonyl (C=O) groups excluding carboxylic acids is 1. The van der Waals surface area contributed by atoms with Gasteiger partial charge < -0.3 is 5.32 Å². The van der Waals surface area contributed by atoms with Crippen LogP contribution in [0.2, 0.25) is 5.15 Å². The van der Waals surface area contributed by atoms with Crippen molar-refractivity contribution in [3.63, 3.8) is 0 Å². The number of aromatic nitrogens is 1. The number of nitrogens with zero attached hydrogens (tertiary/aromatic N) is 1. The predicted octanol–water partition coefficient (Wildman–Crippen LogP) is 2.70. The van der Waals surface area contributed by atoms with Crippen LogP contribution in [0.3, 0.4) is 0 Å². The molecule has 1 heterocycles. The Bertz CT molecular complexity index is 804. The Labute approximate surface area is 127 Å². The average Bonchev–Trinajstić information content (AvgIpc) is 2.40. The summed E-state index contributed by atoms with van der Waals surface area (Å²) in [5.41, 5.74) is 1.33. The van der Waals surface area contributed by atoms with Crippen molar-refractivity contribution >= 4 is 33.0 Å². The summed E-state index contributed by atoms with van der Waals surface area (Å²) in [5, 5.41) is 2.85. The van der Waals surface area contributed by atoms with Crippen molar-refractivity contribution in [2.45, 2.75) is 11.8 Å². The summed E-state index contributed by atoms with van der Waals surface area (Å²) in [4.78, 5) is 16.1. The molecule has 110 valence electrons. The number of anilines is 1. The molecule has 0 aliphatic heterocycles. The number of rotatable bonds is 3. The van der Waals surface area contributed by atoms with Gasteiger partial charge in [0.25, 0.3) is 5.91 Å². The Balaban J connectivity index is 2.33. The number of hydrogen-bond donors (Lipinski definition) is 1. The number of pyridine rings is 1. The van der Waals surface area contributed by atoms with E-state index in [1.165, 1.54) is 18.2 Å². The summed E-state index contributed by atoms with van der Waals surface area (Å²) in [7, 11) is -3.34. The largest absolute Gasteiger partial charge is 0.320 e. The summed E-state index contributed by atoms with van der Waals surface area (Å²) in [6.45, 7) is 1.77. The molecule has 0 aliphatic carbocycles. The van der Waals surface area contributed by atoms with Gasteiger partial charge >= 0.3 is 0 Å². The number of nitrogens with one attached hydrogen (secondary N) is 1. The second-order valence-electron chi connectivity index (χ2n) is 4.55. The van der Waals surface area contributed by atoms with Crippen molar-refractivity contribution in [3.8, 4) is 0 Å². The van der Waals surface area contributed by atoms with E-state index >= 15 is 0 Å². The van der Waals surface area contributed by atoms with Gasteiger partial charge in [0.15, 0.2) is 9.84 Å². The standard InChI is InChI=1S/C14H13ClN2O3S/c1-9-6-7-10(21(2,19)20)8-12(9)17-14(18)11-4-3-5-13(15)16-11/h3-8H,1-2H3,(H,17,18). The molecule has 1 N–H and O–H groups in total. The van der Waals surface area contributed by atoms with E-state index in [0.717, 1.165) is 11.8 Å². The third kappa shape index (κ3) is 3.80. The van der Waals surface area contributed by atoms with Gasteiger partial charge in [-0.05, 0) is 36.8 Å². The maximum Gasteiger partial charge on any atom is 0.274 e. The molecule has 0 saturated heterocycles. The minimum Gasteiger partial charge on any atom is -0.320 e. The second kappa shape index (κ2) is 5.83. The Kier molecular flexibility index (Phi) is 4.29. The molecule has 21 heavy (non-hydrogen) atoms. The fraction of sp³-hybridized carbons (Fsp3) is 0.143. The highest BCUT2D eigenvalue weighted by molar-refractivity contribution is 7.90. The lowest BCUT2D eigenvalue weighted by Crippen LogP contribution is -2.15. The van der Waals surface area contributed by atoms with Crippen LogP contribution in [0, 0.1) is 6.92 Å². The topological polar surface area (TPSA) is 76.1 Å². The molecule has 1 aromatic heterocycles. The molecule has 1 amide bonds. The Morgan fingerprint density at radius 3 is 2.57 bits per heavy atom. The number of aryl methyl sites for hydroxylation is 1. The minimum atomic E-state index is -3.34. The highest BCUT2D eigenvalue weighted by atomic mass is 35.5. The number of halogens is 1. The van der Waals surface area contributed by atoms with E-state index in [1.807, 2.05) is 0 Å². The molecular weight excluding hydrogens is 312 g/mol. The van der Waals surface area contributed by atoms with Gasteiger partial charge in [-0.3, -0.25) is 4.79 Å². The van der Waals surface area contributed by atoms with Crippen LogP contribution in [0.15, 0.2) is 41.3 Å². The zero-order chi connectivity index (χ0) is 15.6.